The van der Waals surface area contributed by atoms with Gasteiger partial charge in [-0.05, 0) is 42.0 Å². The normalized spacial score (nSPS) is 11.4. The van der Waals surface area contributed by atoms with Crippen LogP contribution in [0.1, 0.15) is 11.1 Å². The van der Waals surface area contributed by atoms with E-state index in [4.69, 9.17) is 12.2 Å². The van der Waals surface area contributed by atoms with Crippen LogP contribution in [0.2, 0.25) is 0 Å². The van der Waals surface area contributed by atoms with Crippen molar-refractivity contribution in [3.05, 3.63) is 65.7 Å². The van der Waals surface area contributed by atoms with Crippen LogP contribution in [0, 0.1) is 0 Å². The highest BCUT2D eigenvalue weighted by Gasteiger charge is 2.30. The highest BCUT2D eigenvalue weighted by atomic mass is 32.1. The van der Waals surface area contributed by atoms with Gasteiger partial charge in [-0.1, -0.05) is 30.3 Å². The van der Waals surface area contributed by atoms with Crippen LogP contribution in [-0.4, -0.2) is 11.3 Å². The molecule has 7 heteroatoms. The fourth-order valence-corrected chi connectivity index (χ4v) is 1.81. The van der Waals surface area contributed by atoms with E-state index in [9.17, 15) is 13.2 Å². The van der Waals surface area contributed by atoms with E-state index in [1.54, 1.807) is 0 Å². The lowest BCUT2D eigenvalue weighted by molar-refractivity contribution is -0.137. The summed E-state index contributed by atoms with van der Waals surface area (Å²) in [6, 6.07) is 14.1. The van der Waals surface area contributed by atoms with E-state index in [1.807, 2.05) is 30.3 Å². The van der Waals surface area contributed by atoms with Crippen molar-refractivity contribution in [1.82, 2.24) is 5.43 Å². The van der Waals surface area contributed by atoms with E-state index in [0.29, 0.717) is 5.56 Å². The molecule has 0 heterocycles. The predicted octanol–water partition coefficient (Wildman–Crippen LogP) is 4.03. The van der Waals surface area contributed by atoms with E-state index in [0.717, 1.165) is 17.8 Å². The Labute approximate surface area is 130 Å². The Balaban J connectivity index is 1.94. The highest BCUT2D eigenvalue weighted by Crippen LogP contribution is 2.29. The van der Waals surface area contributed by atoms with Gasteiger partial charge < -0.3 is 5.32 Å². The quantitative estimate of drug-likeness (QED) is 0.509. The molecule has 2 rings (SSSR count). The summed E-state index contributed by atoms with van der Waals surface area (Å²) in [6.07, 6.45) is -3.10. The van der Waals surface area contributed by atoms with Crippen molar-refractivity contribution in [3.8, 4) is 0 Å². The molecule has 0 aromatic heterocycles. The number of benzene rings is 2. The van der Waals surface area contributed by atoms with Gasteiger partial charge >= 0.3 is 6.18 Å². The second-order valence-electron chi connectivity index (χ2n) is 4.31. The third-order valence-corrected chi connectivity index (χ3v) is 2.82. The molecule has 0 fully saturated rings. The SMILES string of the molecule is FC(F)(F)c1cccc(C=NNC(=S)Nc2ccccc2)c1. The molecule has 0 bridgehead atoms. The van der Waals surface area contributed by atoms with Crippen LogP contribution in [0.5, 0.6) is 0 Å². The second-order valence-corrected chi connectivity index (χ2v) is 4.72. The number of thiocarbonyl (C=S) groups is 1. The van der Waals surface area contributed by atoms with Crippen LogP contribution in [0.25, 0.3) is 0 Å². The molecule has 0 amide bonds. The van der Waals surface area contributed by atoms with Crippen molar-refractivity contribution in [3.63, 3.8) is 0 Å². The molecular formula is C15H12F3N3S. The monoisotopic (exact) mass is 323 g/mol. The van der Waals surface area contributed by atoms with Crippen LogP contribution in [0.3, 0.4) is 0 Å². The van der Waals surface area contributed by atoms with Crippen LogP contribution < -0.4 is 10.7 Å². The Morgan fingerprint density at radius 1 is 1.05 bits per heavy atom. The van der Waals surface area contributed by atoms with Crippen molar-refractivity contribution in [2.75, 3.05) is 5.32 Å². The van der Waals surface area contributed by atoms with Crippen LogP contribution in [0.15, 0.2) is 59.7 Å². The number of hydrazone groups is 1. The summed E-state index contributed by atoms with van der Waals surface area (Å²) in [5.41, 5.74) is 2.94. The maximum atomic E-state index is 12.6. The van der Waals surface area contributed by atoms with E-state index in [1.165, 1.54) is 18.3 Å². The van der Waals surface area contributed by atoms with Gasteiger partial charge in [-0.2, -0.15) is 18.3 Å². The lowest BCUT2D eigenvalue weighted by atomic mass is 10.1. The Morgan fingerprint density at radius 2 is 1.77 bits per heavy atom. The average molecular weight is 323 g/mol. The summed E-state index contributed by atoms with van der Waals surface area (Å²) in [4.78, 5) is 0. The van der Waals surface area contributed by atoms with Gasteiger partial charge in [0, 0.05) is 5.69 Å². The summed E-state index contributed by atoms with van der Waals surface area (Å²) in [7, 11) is 0. The van der Waals surface area contributed by atoms with Crippen molar-refractivity contribution >= 4 is 29.2 Å². The standard InChI is InChI=1S/C15H12F3N3S/c16-15(17,18)12-6-4-5-11(9-12)10-19-21-14(22)20-13-7-2-1-3-8-13/h1-10H,(H2,20,21,22). The largest absolute Gasteiger partial charge is 0.416 e. The minimum atomic E-state index is -4.37. The van der Waals surface area contributed by atoms with Gasteiger partial charge in [0.1, 0.15) is 0 Å². The molecule has 0 saturated carbocycles. The lowest BCUT2D eigenvalue weighted by Gasteiger charge is -2.07. The number of hydrogen-bond acceptors (Lipinski definition) is 2. The second kappa shape index (κ2) is 7.04. The minimum absolute atomic E-state index is 0.245. The molecule has 0 spiro atoms. The average Bonchev–Trinajstić information content (AvgIpc) is 2.48. The molecule has 0 unspecified atom stereocenters. The van der Waals surface area contributed by atoms with Crippen molar-refractivity contribution in [1.29, 1.82) is 0 Å². The summed E-state index contributed by atoms with van der Waals surface area (Å²) in [5.74, 6) is 0. The molecule has 22 heavy (non-hydrogen) atoms. The van der Waals surface area contributed by atoms with Crippen LogP contribution in [-0.2, 0) is 6.18 Å². The van der Waals surface area contributed by atoms with E-state index in [2.05, 4.69) is 15.8 Å². The molecule has 0 aliphatic carbocycles. The van der Waals surface area contributed by atoms with Gasteiger partial charge in [-0.25, -0.2) is 0 Å². The molecule has 2 aromatic rings. The third-order valence-electron chi connectivity index (χ3n) is 2.63. The van der Waals surface area contributed by atoms with Crippen molar-refractivity contribution < 1.29 is 13.2 Å². The van der Waals surface area contributed by atoms with E-state index >= 15 is 0 Å². The molecule has 0 radical (unpaired) electrons. The Bertz CT molecular complexity index is 669. The predicted molar refractivity (Wildman–Crippen MR) is 84.8 cm³/mol. The maximum Gasteiger partial charge on any atom is 0.416 e. The number of nitrogens with one attached hydrogen (secondary N) is 2. The first-order valence-corrected chi connectivity index (χ1v) is 6.68. The molecule has 0 aliphatic rings. The molecule has 3 nitrogen and oxygen atoms in total. The zero-order chi connectivity index (χ0) is 16.0. The molecule has 0 saturated heterocycles. The van der Waals surface area contributed by atoms with Gasteiger partial charge in [0.2, 0.25) is 0 Å². The van der Waals surface area contributed by atoms with Gasteiger partial charge in [0.15, 0.2) is 5.11 Å². The van der Waals surface area contributed by atoms with Crippen LogP contribution in [0.4, 0.5) is 18.9 Å². The first-order valence-electron chi connectivity index (χ1n) is 6.27. The lowest BCUT2D eigenvalue weighted by Crippen LogP contribution is -2.23. The zero-order valence-electron chi connectivity index (χ0n) is 11.3. The number of halogens is 3. The first kappa shape index (κ1) is 16.0. The van der Waals surface area contributed by atoms with Gasteiger partial charge in [0.05, 0.1) is 11.8 Å². The number of alkyl halides is 3. The molecule has 0 aliphatic heterocycles. The fraction of sp³-hybridized carbons (Fsp3) is 0.0667. The number of para-hydroxylation sites is 1. The van der Waals surface area contributed by atoms with Gasteiger partial charge in [0.25, 0.3) is 0 Å². The minimum Gasteiger partial charge on any atom is -0.331 e. The van der Waals surface area contributed by atoms with Crippen molar-refractivity contribution in [2.45, 2.75) is 6.18 Å². The Kier molecular flexibility index (Phi) is 5.11. The molecule has 114 valence electrons. The molecule has 0 atom stereocenters. The summed E-state index contributed by atoms with van der Waals surface area (Å²) >= 11 is 5.02. The van der Waals surface area contributed by atoms with Crippen molar-refractivity contribution in [2.24, 2.45) is 5.10 Å². The van der Waals surface area contributed by atoms with E-state index in [-0.39, 0.29) is 5.11 Å². The van der Waals surface area contributed by atoms with Gasteiger partial charge in [-0.3, -0.25) is 5.43 Å². The zero-order valence-corrected chi connectivity index (χ0v) is 12.1. The Morgan fingerprint density at radius 3 is 2.45 bits per heavy atom. The number of rotatable bonds is 3. The molecular weight excluding hydrogens is 311 g/mol. The number of nitrogens with zero attached hydrogens (tertiary/aromatic N) is 1. The van der Waals surface area contributed by atoms with Gasteiger partial charge in [-0.15, -0.1) is 0 Å². The Hall–Kier alpha value is -2.41. The third kappa shape index (κ3) is 4.85. The summed E-state index contributed by atoms with van der Waals surface area (Å²) in [6.45, 7) is 0. The first-order chi connectivity index (χ1) is 10.4. The number of anilines is 1. The molecule has 2 aromatic carbocycles. The fourth-order valence-electron chi connectivity index (χ4n) is 1.64. The topological polar surface area (TPSA) is 36.4 Å². The summed E-state index contributed by atoms with van der Waals surface area (Å²) in [5, 5.41) is 6.95. The maximum absolute atomic E-state index is 12.6. The highest BCUT2D eigenvalue weighted by molar-refractivity contribution is 7.80. The summed E-state index contributed by atoms with van der Waals surface area (Å²) < 4.78 is 37.7. The number of hydrogen-bond donors (Lipinski definition) is 2. The van der Waals surface area contributed by atoms with Crippen LogP contribution >= 0.6 is 12.2 Å². The molecule has 2 N–H and O–H groups in total. The smallest absolute Gasteiger partial charge is 0.331 e. The van der Waals surface area contributed by atoms with E-state index < -0.39 is 11.7 Å².